The molecule has 17 nitrogen and oxygen atoms in total. The van der Waals surface area contributed by atoms with Gasteiger partial charge in [0.25, 0.3) is 11.8 Å². The number of nitrogens with one attached hydrogen (secondary N) is 3. The van der Waals surface area contributed by atoms with Gasteiger partial charge in [0.05, 0.1) is 23.1 Å². The van der Waals surface area contributed by atoms with Gasteiger partial charge in [-0.05, 0) is 37.8 Å². The fourth-order valence-electron chi connectivity index (χ4n) is 5.48. The minimum absolute atomic E-state index is 0.0767. The van der Waals surface area contributed by atoms with Crippen LogP contribution in [0.15, 0.2) is 48.5 Å². The molecule has 2 aromatic heterocycles. The van der Waals surface area contributed by atoms with E-state index in [0.29, 0.717) is 41.3 Å². The van der Waals surface area contributed by atoms with Crippen molar-refractivity contribution in [1.82, 2.24) is 40.4 Å². The molecule has 65 heavy (non-hydrogen) atoms. The maximum atomic E-state index is 13.9. The molecule has 27 heteroatoms. The lowest BCUT2D eigenvalue weighted by atomic mass is 10.2. The molecule has 0 atom stereocenters. The van der Waals surface area contributed by atoms with Crippen molar-refractivity contribution in [3.8, 4) is 0 Å². The number of hydrogen-bond donors (Lipinski definition) is 6. The van der Waals surface area contributed by atoms with E-state index in [1.807, 2.05) is 0 Å². The van der Waals surface area contributed by atoms with Crippen LogP contribution in [0.25, 0.3) is 0 Å². The Morgan fingerprint density at radius 1 is 0.723 bits per heavy atom. The van der Waals surface area contributed by atoms with Crippen molar-refractivity contribution >= 4 is 58.7 Å². The molecule has 0 spiro atoms. The molecule has 0 saturated heterocycles. The average molecular weight is 970 g/mol. The van der Waals surface area contributed by atoms with Gasteiger partial charge in [-0.1, -0.05) is 47.5 Å². The highest BCUT2D eigenvalue weighted by atomic mass is 35.5. The Morgan fingerprint density at radius 3 is 1.57 bits per heavy atom. The first-order chi connectivity index (χ1) is 30.3. The molecule has 0 aliphatic heterocycles. The van der Waals surface area contributed by atoms with E-state index in [2.05, 4.69) is 26.1 Å². The van der Waals surface area contributed by atoms with Crippen molar-refractivity contribution in [2.75, 3.05) is 13.1 Å². The second-order valence-electron chi connectivity index (χ2n) is 14.2. The Labute approximate surface area is 372 Å². The van der Waals surface area contributed by atoms with Gasteiger partial charge in [-0.25, -0.2) is 13.5 Å². The first kappa shape index (κ1) is 51.3. The van der Waals surface area contributed by atoms with Gasteiger partial charge in [-0.2, -0.15) is 36.5 Å². The number of nitrogens with zero attached hydrogens (tertiary/aromatic N) is 5. The number of carboxylic acids is 1. The van der Waals surface area contributed by atoms with Gasteiger partial charge in [0.1, 0.15) is 36.1 Å². The van der Waals surface area contributed by atoms with E-state index in [4.69, 9.17) is 39.8 Å². The number of carbonyl (C=O) groups is 6. The van der Waals surface area contributed by atoms with Gasteiger partial charge in [-0.15, -0.1) is 0 Å². The normalized spacial score (nSPS) is 13.4. The van der Waals surface area contributed by atoms with E-state index < -0.39 is 96.0 Å². The third-order valence-corrected chi connectivity index (χ3v) is 9.57. The summed E-state index contributed by atoms with van der Waals surface area (Å²) in [6.07, 6.45) is -6.23. The summed E-state index contributed by atoms with van der Waals surface area (Å²) < 4.78 is 105. The van der Waals surface area contributed by atoms with Crippen LogP contribution in [-0.2, 0) is 57.7 Å². The minimum atomic E-state index is -4.87. The molecular formula is C38H38Cl2F8N10O7. The molecule has 2 fully saturated rings. The van der Waals surface area contributed by atoms with Crippen LogP contribution in [0.1, 0.15) is 69.2 Å². The maximum absolute atomic E-state index is 13.9. The van der Waals surface area contributed by atoms with Crippen molar-refractivity contribution in [3.05, 3.63) is 104 Å². The molecule has 2 saturated carbocycles. The molecule has 4 aromatic rings. The maximum Gasteiger partial charge on any atom is 0.433 e. The molecule has 0 bridgehead atoms. The predicted octanol–water partition coefficient (Wildman–Crippen LogP) is 4.03. The van der Waals surface area contributed by atoms with Crippen LogP contribution in [0.3, 0.4) is 0 Å². The molecule has 0 radical (unpaired) electrons. The second kappa shape index (κ2) is 22.0. The standard InChI is InChI=1S/C19H18ClF4N5O3.C12H14ClFN2O.C7H6F3N3O3/c20-12-3-1-2-10(17(12)21)7-26-15(30)8-28(11-4-5-11)16(31)9-29-14(19(22,23)24)6-13(27-29)18(25)32;13-10-3-1-2-8(12(10)14)6-16-11(17)7-15-9-4-5-9;8-7(9,10)4-1-3(6(11)16)12-13(4)2-5(14)15/h1-3,6,11H,4-5,7-9H2,(H2,25,32)(H,26,30);1-3,9,15H,4-7H2,(H,16,17);1H,2H2,(H2,11,16)(H,14,15). The summed E-state index contributed by atoms with van der Waals surface area (Å²) in [5.41, 5.74) is 6.37. The number of amides is 5. The predicted molar refractivity (Wildman–Crippen MR) is 211 cm³/mol. The van der Waals surface area contributed by atoms with Crippen LogP contribution in [0, 0.1) is 11.6 Å². The van der Waals surface area contributed by atoms with Crippen LogP contribution < -0.4 is 27.4 Å². The molecule has 0 unspecified atom stereocenters. The highest BCUT2D eigenvalue weighted by Gasteiger charge is 2.40. The van der Waals surface area contributed by atoms with Crippen LogP contribution in [0.2, 0.25) is 10.0 Å². The smallest absolute Gasteiger partial charge is 0.433 e. The van der Waals surface area contributed by atoms with Crippen molar-refractivity contribution in [2.24, 2.45) is 11.5 Å². The van der Waals surface area contributed by atoms with Gasteiger partial charge in [0.15, 0.2) is 11.4 Å². The van der Waals surface area contributed by atoms with E-state index in [1.165, 1.54) is 24.3 Å². The zero-order chi connectivity index (χ0) is 48.4. The zero-order valence-corrected chi connectivity index (χ0v) is 34.9. The summed E-state index contributed by atoms with van der Waals surface area (Å²) in [4.78, 5) is 69.6. The number of carboxylic acid groups (broad SMARTS) is 1. The van der Waals surface area contributed by atoms with E-state index in [9.17, 15) is 63.9 Å². The number of aromatic nitrogens is 4. The topological polar surface area (TPSA) is 250 Å². The molecule has 2 aliphatic carbocycles. The van der Waals surface area contributed by atoms with E-state index in [-0.39, 0.29) is 51.9 Å². The quantitative estimate of drug-likeness (QED) is 0.0880. The van der Waals surface area contributed by atoms with Crippen LogP contribution in [0.4, 0.5) is 35.1 Å². The van der Waals surface area contributed by atoms with Crippen LogP contribution in [-0.4, -0.2) is 90.2 Å². The lowest BCUT2D eigenvalue weighted by molar-refractivity contribution is -0.148. The molecule has 8 N–H and O–H groups in total. The lowest BCUT2D eigenvalue weighted by Crippen LogP contribution is -2.43. The molecular weight excluding hydrogens is 931 g/mol. The summed E-state index contributed by atoms with van der Waals surface area (Å²) >= 11 is 11.3. The van der Waals surface area contributed by atoms with Crippen molar-refractivity contribution in [1.29, 1.82) is 0 Å². The number of aliphatic carboxylic acids is 1. The Hall–Kier alpha value is -6.34. The number of primary amides is 2. The Balaban J connectivity index is 0.000000236. The Morgan fingerprint density at radius 2 is 1.17 bits per heavy atom. The molecule has 2 aromatic carbocycles. The molecule has 352 valence electrons. The highest BCUT2D eigenvalue weighted by molar-refractivity contribution is 6.31. The summed E-state index contributed by atoms with van der Waals surface area (Å²) in [7, 11) is 0. The van der Waals surface area contributed by atoms with Crippen molar-refractivity contribution < 1.29 is 69.0 Å². The highest BCUT2D eigenvalue weighted by Crippen LogP contribution is 2.32. The monoisotopic (exact) mass is 968 g/mol. The van der Waals surface area contributed by atoms with Gasteiger partial charge in [0.2, 0.25) is 17.7 Å². The number of nitrogens with two attached hydrogens (primary N) is 2. The van der Waals surface area contributed by atoms with Crippen LogP contribution in [0.5, 0.6) is 0 Å². The fourth-order valence-corrected chi connectivity index (χ4v) is 5.87. The van der Waals surface area contributed by atoms with Gasteiger partial charge in [-0.3, -0.25) is 33.4 Å². The van der Waals surface area contributed by atoms with Gasteiger partial charge < -0.3 is 37.4 Å². The Kier molecular flexibility index (Phi) is 17.4. The number of rotatable bonds is 16. The third-order valence-electron chi connectivity index (χ3n) is 8.98. The number of carbonyl (C=O) groups excluding carboxylic acids is 5. The first-order valence-electron chi connectivity index (χ1n) is 18.9. The Bertz CT molecular complexity index is 2400. The molecule has 5 amide bonds. The number of alkyl halides is 6. The van der Waals surface area contributed by atoms with Crippen LogP contribution >= 0.6 is 23.2 Å². The van der Waals surface area contributed by atoms with Gasteiger partial charge in [0, 0.05) is 48.4 Å². The largest absolute Gasteiger partial charge is 0.480 e. The first-order valence-corrected chi connectivity index (χ1v) is 19.6. The summed E-state index contributed by atoms with van der Waals surface area (Å²) in [6, 6.07) is 10.1. The van der Waals surface area contributed by atoms with Gasteiger partial charge >= 0.3 is 18.3 Å². The van der Waals surface area contributed by atoms with Crippen molar-refractivity contribution in [2.45, 2.75) is 76.3 Å². The summed E-state index contributed by atoms with van der Waals surface area (Å²) in [5.74, 6) is -6.54. The fraction of sp³-hybridized carbons (Fsp3) is 0.368. The zero-order valence-electron chi connectivity index (χ0n) is 33.4. The number of halogens is 10. The minimum Gasteiger partial charge on any atom is -0.480 e. The lowest BCUT2D eigenvalue weighted by Gasteiger charge is -2.22. The third kappa shape index (κ3) is 15.7. The van der Waals surface area contributed by atoms with E-state index in [1.54, 1.807) is 12.1 Å². The second-order valence-corrected chi connectivity index (χ2v) is 15.0. The summed E-state index contributed by atoms with van der Waals surface area (Å²) in [5, 5.41) is 23.2. The average Bonchev–Trinajstić information content (AvgIpc) is 4.14. The van der Waals surface area contributed by atoms with E-state index in [0.717, 1.165) is 17.7 Å². The molecule has 2 heterocycles. The number of hydrogen-bond acceptors (Lipinski definition) is 9. The molecule has 6 rings (SSSR count). The number of benzene rings is 2. The molecule has 2 aliphatic rings. The van der Waals surface area contributed by atoms with E-state index >= 15 is 0 Å². The van der Waals surface area contributed by atoms with Crippen molar-refractivity contribution in [3.63, 3.8) is 0 Å². The summed E-state index contributed by atoms with van der Waals surface area (Å²) in [6.45, 7) is -2.00. The SMILES string of the molecule is NC(=O)c1cc(C(F)(F)F)n(CC(=O)N(CC(=O)NCc2cccc(Cl)c2F)C2CC2)n1.NC(=O)c1cc(C(F)(F)F)n(CC(=O)O)n1.O=C(CNC1CC1)NCc1cccc(Cl)c1F.